The highest BCUT2D eigenvalue weighted by Gasteiger charge is 2.29. The number of unbranched alkanes of at least 4 members (excludes halogenated alkanes) is 1. The molecule has 1 N–H and O–H groups in total. The number of rotatable bonds is 10. The molecule has 6 rings (SSSR count). The first kappa shape index (κ1) is 26.1. The van der Waals surface area contributed by atoms with Gasteiger partial charge >= 0.3 is 0 Å². The van der Waals surface area contributed by atoms with Gasteiger partial charge in [-0.1, -0.05) is 35.6 Å². The summed E-state index contributed by atoms with van der Waals surface area (Å²) in [5.74, 6) is 1.99. The lowest BCUT2D eigenvalue weighted by Crippen LogP contribution is -2.40. The van der Waals surface area contributed by atoms with Crippen molar-refractivity contribution in [2.75, 3.05) is 18.5 Å². The van der Waals surface area contributed by atoms with Crippen LogP contribution in [0.1, 0.15) is 27.9 Å². The number of benzene rings is 2. The van der Waals surface area contributed by atoms with Crippen LogP contribution in [0.4, 0.5) is 5.13 Å². The molecule has 2 aromatic heterocycles. The van der Waals surface area contributed by atoms with Crippen LogP contribution < -0.4 is 24.3 Å². The summed E-state index contributed by atoms with van der Waals surface area (Å²) in [5, 5.41) is 22.3. The predicted molar refractivity (Wildman–Crippen MR) is 147 cm³/mol. The van der Waals surface area contributed by atoms with E-state index in [4.69, 9.17) is 18.9 Å². The Labute approximate surface area is 237 Å². The molecule has 0 aliphatic carbocycles. The van der Waals surface area contributed by atoms with Gasteiger partial charge in [-0.05, 0) is 37.1 Å². The second kappa shape index (κ2) is 12.0. The average Bonchev–Trinajstić information content (AvgIpc) is 3.63. The molecule has 0 saturated carbocycles. The highest BCUT2D eigenvalue weighted by atomic mass is 32.1. The number of ketones is 1. The molecule has 0 saturated heterocycles. The molecule has 4 heterocycles. The van der Waals surface area contributed by atoms with E-state index in [0.29, 0.717) is 33.1 Å². The molecule has 2 aliphatic heterocycles. The summed E-state index contributed by atoms with van der Waals surface area (Å²) >= 11 is 2.78. The number of amides is 1. The second-order valence-electron chi connectivity index (χ2n) is 9.16. The number of nitrogens with one attached hydrogen (secondary N) is 1. The monoisotopic (exact) mass is 579 g/mol. The SMILES string of the molecule is O=C(Cc1nnc(CCCCc2nnc(NC(=O)C3COc4ccccc4O3)s2)s1)C1COc2ccccc2O1. The van der Waals surface area contributed by atoms with Crippen LogP contribution in [0.15, 0.2) is 48.5 Å². The van der Waals surface area contributed by atoms with Gasteiger partial charge < -0.3 is 18.9 Å². The molecular weight excluding hydrogens is 554 g/mol. The standard InChI is InChI=1S/C27H25N5O6S2/c33-16(21-14-35-17-7-1-3-9-19(17)37-21)13-25-31-29-23(39-25)11-5-6-12-24-30-32-27(40-24)28-26(34)22-15-36-18-8-2-4-10-20(18)38-22/h1-4,7-10,21-22H,5-6,11-15H2,(H,28,32,34). The molecule has 0 spiro atoms. The minimum Gasteiger partial charge on any atom is -0.485 e. The van der Waals surface area contributed by atoms with Gasteiger partial charge in [-0.25, -0.2) is 0 Å². The molecule has 2 unspecified atom stereocenters. The zero-order valence-corrected chi connectivity index (χ0v) is 22.9. The largest absolute Gasteiger partial charge is 0.485 e. The van der Waals surface area contributed by atoms with E-state index in [1.807, 2.05) is 30.3 Å². The Morgan fingerprint density at radius 3 is 1.98 bits per heavy atom. The van der Waals surface area contributed by atoms with Gasteiger partial charge in [0.15, 0.2) is 34.9 Å². The topological polar surface area (TPSA) is 135 Å². The molecule has 13 heteroatoms. The number of anilines is 1. The molecule has 2 atom stereocenters. The molecule has 2 aliphatic rings. The van der Waals surface area contributed by atoms with E-state index in [9.17, 15) is 9.59 Å². The Morgan fingerprint density at radius 2 is 1.27 bits per heavy atom. The van der Waals surface area contributed by atoms with Crippen LogP contribution in [-0.2, 0) is 28.9 Å². The van der Waals surface area contributed by atoms with Crippen molar-refractivity contribution in [3.05, 3.63) is 63.6 Å². The molecule has 0 radical (unpaired) electrons. The molecule has 1 amide bonds. The van der Waals surface area contributed by atoms with Gasteiger partial charge in [-0.2, -0.15) is 0 Å². The number of Topliss-reactive ketones (excluding diaryl/α,β-unsaturated/α-hetero) is 1. The molecule has 2 aromatic carbocycles. The smallest absolute Gasteiger partial charge is 0.270 e. The Kier molecular flexibility index (Phi) is 7.82. The summed E-state index contributed by atoms with van der Waals surface area (Å²) in [4.78, 5) is 25.3. The maximum atomic E-state index is 12.7. The lowest BCUT2D eigenvalue weighted by atomic mass is 10.1. The molecular formula is C27H25N5O6S2. The molecule has 40 heavy (non-hydrogen) atoms. The van der Waals surface area contributed by atoms with Crippen molar-refractivity contribution in [1.29, 1.82) is 0 Å². The first-order valence-electron chi connectivity index (χ1n) is 12.8. The van der Waals surface area contributed by atoms with E-state index in [2.05, 4.69) is 25.7 Å². The minimum absolute atomic E-state index is 0.0799. The van der Waals surface area contributed by atoms with Crippen molar-refractivity contribution < 1.29 is 28.5 Å². The summed E-state index contributed by atoms with van der Waals surface area (Å²) in [6, 6.07) is 14.6. The number of hydrogen-bond donors (Lipinski definition) is 1. The maximum Gasteiger partial charge on any atom is 0.270 e. The van der Waals surface area contributed by atoms with E-state index in [1.165, 1.54) is 22.7 Å². The molecule has 11 nitrogen and oxygen atoms in total. The third-order valence-electron chi connectivity index (χ3n) is 6.23. The Balaban J connectivity index is 0.914. The van der Waals surface area contributed by atoms with Crippen molar-refractivity contribution in [3.8, 4) is 23.0 Å². The van der Waals surface area contributed by atoms with Crippen molar-refractivity contribution in [2.24, 2.45) is 0 Å². The van der Waals surface area contributed by atoms with Gasteiger partial charge in [0.25, 0.3) is 5.91 Å². The van der Waals surface area contributed by atoms with Crippen molar-refractivity contribution in [3.63, 3.8) is 0 Å². The molecule has 0 fully saturated rings. The van der Waals surface area contributed by atoms with E-state index in [1.54, 1.807) is 18.2 Å². The maximum absolute atomic E-state index is 12.7. The zero-order chi connectivity index (χ0) is 27.3. The Hall–Kier alpha value is -4.10. The third-order valence-corrected chi connectivity index (χ3v) is 8.11. The van der Waals surface area contributed by atoms with Crippen LogP contribution >= 0.6 is 22.7 Å². The summed E-state index contributed by atoms with van der Waals surface area (Å²) < 4.78 is 22.8. The van der Waals surface area contributed by atoms with Crippen LogP contribution in [0.2, 0.25) is 0 Å². The van der Waals surface area contributed by atoms with Crippen molar-refractivity contribution in [1.82, 2.24) is 20.4 Å². The van der Waals surface area contributed by atoms with Gasteiger partial charge in [-0.15, -0.1) is 31.7 Å². The summed E-state index contributed by atoms with van der Waals surface area (Å²) in [6.07, 6.45) is 2.00. The minimum atomic E-state index is -0.755. The van der Waals surface area contributed by atoms with Gasteiger partial charge in [0, 0.05) is 12.8 Å². The number of ether oxygens (including phenoxy) is 4. The number of nitrogens with zero attached hydrogens (tertiary/aromatic N) is 4. The normalized spacial score (nSPS) is 17.3. The van der Waals surface area contributed by atoms with Crippen LogP contribution in [0.5, 0.6) is 23.0 Å². The number of carbonyl (C=O) groups is 2. The number of hydrogen-bond acceptors (Lipinski definition) is 12. The summed E-state index contributed by atoms with van der Waals surface area (Å²) in [6.45, 7) is 0.323. The number of aryl methyl sites for hydroxylation is 2. The first-order chi connectivity index (χ1) is 19.6. The van der Waals surface area contributed by atoms with Crippen LogP contribution in [0.25, 0.3) is 0 Å². The van der Waals surface area contributed by atoms with Crippen LogP contribution in [0, 0.1) is 0 Å². The predicted octanol–water partition coefficient (Wildman–Crippen LogP) is 3.69. The van der Waals surface area contributed by atoms with Gasteiger partial charge in [0.1, 0.15) is 28.2 Å². The Bertz CT molecular complexity index is 1400. The number of aromatic nitrogens is 4. The van der Waals surface area contributed by atoms with Crippen molar-refractivity contribution >= 4 is 39.5 Å². The van der Waals surface area contributed by atoms with Gasteiger partial charge in [-0.3, -0.25) is 14.9 Å². The van der Waals surface area contributed by atoms with E-state index < -0.39 is 12.2 Å². The van der Waals surface area contributed by atoms with Gasteiger partial charge in [0.05, 0.1) is 6.42 Å². The van der Waals surface area contributed by atoms with Crippen molar-refractivity contribution in [2.45, 2.75) is 44.3 Å². The first-order valence-corrected chi connectivity index (χ1v) is 14.5. The number of fused-ring (bicyclic) bond motifs is 2. The molecule has 4 aromatic rings. The summed E-state index contributed by atoms with van der Waals surface area (Å²) in [7, 11) is 0. The fourth-order valence-electron chi connectivity index (χ4n) is 4.19. The lowest BCUT2D eigenvalue weighted by molar-refractivity contribution is -0.127. The second-order valence-corrected chi connectivity index (χ2v) is 11.4. The quantitative estimate of drug-likeness (QED) is 0.277. The number of carbonyl (C=O) groups excluding carboxylic acids is 2. The summed E-state index contributed by atoms with van der Waals surface area (Å²) in [5.41, 5.74) is 0. The van der Waals surface area contributed by atoms with E-state index >= 15 is 0 Å². The number of para-hydroxylation sites is 4. The lowest BCUT2D eigenvalue weighted by Gasteiger charge is -2.25. The van der Waals surface area contributed by atoms with E-state index in [-0.39, 0.29) is 31.3 Å². The highest BCUT2D eigenvalue weighted by Crippen LogP contribution is 2.32. The van der Waals surface area contributed by atoms with Gasteiger partial charge in [0.2, 0.25) is 11.2 Å². The average molecular weight is 580 g/mol. The fraction of sp³-hybridized carbons (Fsp3) is 0.333. The van der Waals surface area contributed by atoms with Crippen LogP contribution in [0.3, 0.4) is 0 Å². The Morgan fingerprint density at radius 1 is 0.725 bits per heavy atom. The third kappa shape index (κ3) is 6.20. The fourth-order valence-corrected chi connectivity index (χ4v) is 5.87. The highest BCUT2D eigenvalue weighted by molar-refractivity contribution is 7.15. The zero-order valence-electron chi connectivity index (χ0n) is 21.3. The molecule has 206 valence electrons. The molecule has 0 bridgehead atoms. The van der Waals surface area contributed by atoms with E-state index in [0.717, 1.165) is 35.7 Å². The van der Waals surface area contributed by atoms with Crippen LogP contribution in [-0.4, -0.2) is 57.5 Å².